The number of nitrogens with one attached hydrogen (secondary N) is 2. The van der Waals surface area contributed by atoms with Gasteiger partial charge in [0, 0.05) is 35.1 Å². The van der Waals surface area contributed by atoms with E-state index >= 15 is 0 Å². The summed E-state index contributed by atoms with van der Waals surface area (Å²) < 4.78 is 0. The van der Waals surface area contributed by atoms with Crippen LogP contribution in [0.25, 0.3) is 11.1 Å². The first-order valence-corrected chi connectivity index (χ1v) is 9.63. The van der Waals surface area contributed by atoms with Gasteiger partial charge in [-0.25, -0.2) is 4.98 Å². The lowest BCUT2D eigenvalue weighted by Gasteiger charge is -2.11. The summed E-state index contributed by atoms with van der Waals surface area (Å²) in [7, 11) is 0. The van der Waals surface area contributed by atoms with Crippen LogP contribution in [-0.4, -0.2) is 16.8 Å². The molecule has 0 fully saturated rings. The maximum absolute atomic E-state index is 12.1. The van der Waals surface area contributed by atoms with Gasteiger partial charge in [-0.3, -0.25) is 9.59 Å². The van der Waals surface area contributed by atoms with Crippen LogP contribution >= 0.6 is 22.9 Å². The molecule has 2 N–H and O–H groups in total. The summed E-state index contributed by atoms with van der Waals surface area (Å²) >= 11 is 7.39. The number of anilines is 2. The predicted octanol–water partition coefficient (Wildman–Crippen LogP) is 5.13. The fraction of sp³-hybridized carbons (Fsp3) is 0.150. The minimum absolute atomic E-state index is 0.102. The number of aromatic nitrogens is 1. The number of thiazole rings is 1. The number of halogens is 1. The molecule has 0 atom stereocenters. The zero-order valence-corrected chi connectivity index (χ0v) is 16.2. The largest absolute Gasteiger partial charge is 0.326 e. The molecule has 0 spiro atoms. The molecule has 2 amide bonds. The third-order valence-corrected chi connectivity index (χ3v) is 4.84. The van der Waals surface area contributed by atoms with Crippen LogP contribution in [0, 0.1) is 6.92 Å². The lowest BCUT2D eigenvalue weighted by Crippen LogP contribution is -2.17. The van der Waals surface area contributed by atoms with Gasteiger partial charge >= 0.3 is 0 Å². The van der Waals surface area contributed by atoms with Crippen molar-refractivity contribution in [2.24, 2.45) is 0 Å². The summed E-state index contributed by atoms with van der Waals surface area (Å²) in [6, 6.07) is 13.4. The highest BCUT2D eigenvalue weighted by Crippen LogP contribution is 2.27. The standard InChI is InChI=1S/C20H18ClN3O2S/c1-13-11-15(14-3-2-4-16(21)12-14)5-6-17(13)23-18(25)7-8-19(26)24-20-22-9-10-27-20/h2-6,9-12H,7-8H2,1H3,(H,23,25)(H,22,24,26). The van der Waals surface area contributed by atoms with Crippen molar-refractivity contribution in [3.8, 4) is 11.1 Å². The van der Waals surface area contributed by atoms with E-state index in [0.717, 1.165) is 22.4 Å². The fourth-order valence-electron chi connectivity index (χ4n) is 2.56. The SMILES string of the molecule is Cc1cc(-c2cccc(Cl)c2)ccc1NC(=O)CCC(=O)Nc1nccs1. The molecule has 5 nitrogen and oxygen atoms in total. The lowest BCUT2D eigenvalue weighted by atomic mass is 10.0. The van der Waals surface area contributed by atoms with Crippen molar-refractivity contribution in [1.29, 1.82) is 0 Å². The minimum atomic E-state index is -0.229. The Morgan fingerprint density at radius 1 is 1.04 bits per heavy atom. The zero-order chi connectivity index (χ0) is 19.2. The Hall–Kier alpha value is -2.70. The van der Waals surface area contributed by atoms with Crippen molar-refractivity contribution in [2.45, 2.75) is 19.8 Å². The summed E-state index contributed by atoms with van der Waals surface area (Å²) in [6.07, 6.45) is 1.82. The molecule has 0 unspecified atom stereocenters. The predicted molar refractivity (Wildman–Crippen MR) is 110 cm³/mol. The second-order valence-electron chi connectivity index (χ2n) is 5.97. The first-order valence-electron chi connectivity index (χ1n) is 8.37. The number of hydrogen-bond acceptors (Lipinski definition) is 4. The number of carbonyl (C=O) groups is 2. The van der Waals surface area contributed by atoms with Crippen molar-refractivity contribution in [2.75, 3.05) is 10.6 Å². The molecular weight excluding hydrogens is 382 g/mol. The van der Waals surface area contributed by atoms with Crippen LogP contribution in [0.2, 0.25) is 5.02 Å². The minimum Gasteiger partial charge on any atom is -0.326 e. The monoisotopic (exact) mass is 399 g/mol. The quantitative estimate of drug-likeness (QED) is 0.603. The Morgan fingerprint density at radius 2 is 1.78 bits per heavy atom. The number of nitrogens with zero attached hydrogens (tertiary/aromatic N) is 1. The fourth-order valence-corrected chi connectivity index (χ4v) is 3.29. The number of benzene rings is 2. The molecule has 0 aliphatic carbocycles. The molecule has 0 saturated carbocycles. The molecule has 138 valence electrons. The molecule has 1 heterocycles. The Morgan fingerprint density at radius 3 is 2.44 bits per heavy atom. The van der Waals surface area contributed by atoms with E-state index in [2.05, 4.69) is 15.6 Å². The van der Waals surface area contributed by atoms with Crippen molar-refractivity contribution in [3.63, 3.8) is 0 Å². The van der Waals surface area contributed by atoms with Gasteiger partial charge in [-0.15, -0.1) is 11.3 Å². The van der Waals surface area contributed by atoms with Gasteiger partial charge in [0.25, 0.3) is 0 Å². The summed E-state index contributed by atoms with van der Waals surface area (Å²) in [6.45, 7) is 1.93. The van der Waals surface area contributed by atoms with Crippen LogP contribution in [0.3, 0.4) is 0 Å². The molecule has 0 aliphatic rings. The molecule has 0 bridgehead atoms. The van der Waals surface area contributed by atoms with Crippen LogP contribution in [0.5, 0.6) is 0 Å². The lowest BCUT2D eigenvalue weighted by molar-refractivity contribution is -0.121. The number of carbonyl (C=O) groups excluding carboxylic acids is 2. The van der Waals surface area contributed by atoms with Crippen LogP contribution in [0.4, 0.5) is 10.8 Å². The second kappa shape index (κ2) is 8.79. The van der Waals surface area contributed by atoms with Crippen LogP contribution in [0.15, 0.2) is 54.0 Å². The van der Waals surface area contributed by atoms with E-state index in [1.807, 2.05) is 49.4 Å². The number of amides is 2. The third kappa shape index (κ3) is 5.39. The van der Waals surface area contributed by atoms with E-state index in [1.165, 1.54) is 11.3 Å². The average molecular weight is 400 g/mol. The molecular formula is C20H18ClN3O2S. The molecule has 0 aliphatic heterocycles. The summed E-state index contributed by atoms with van der Waals surface area (Å²) in [5.41, 5.74) is 3.71. The van der Waals surface area contributed by atoms with E-state index in [-0.39, 0.29) is 24.7 Å². The Kier molecular flexibility index (Phi) is 6.21. The van der Waals surface area contributed by atoms with E-state index in [4.69, 9.17) is 11.6 Å². The van der Waals surface area contributed by atoms with Crippen molar-refractivity contribution in [3.05, 3.63) is 64.6 Å². The second-order valence-corrected chi connectivity index (χ2v) is 7.30. The van der Waals surface area contributed by atoms with Crippen LogP contribution < -0.4 is 10.6 Å². The maximum atomic E-state index is 12.1. The smallest absolute Gasteiger partial charge is 0.226 e. The van der Waals surface area contributed by atoms with Crippen molar-refractivity contribution >= 4 is 45.6 Å². The number of rotatable bonds is 6. The number of hydrogen-bond donors (Lipinski definition) is 2. The Balaban J connectivity index is 1.57. The highest BCUT2D eigenvalue weighted by atomic mass is 35.5. The van der Waals surface area contributed by atoms with E-state index in [0.29, 0.717) is 10.2 Å². The molecule has 3 aromatic rings. The molecule has 3 rings (SSSR count). The van der Waals surface area contributed by atoms with E-state index in [1.54, 1.807) is 11.6 Å². The van der Waals surface area contributed by atoms with Gasteiger partial charge in [0.05, 0.1) is 0 Å². The molecule has 0 radical (unpaired) electrons. The molecule has 27 heavy (non-hydrogen) atoms. The third-order valence-electron chi connectivity index (χ3n) is 3.92. The molecule has 2 aromatic carbocycles. The van der Waals surface area contributed by atoms with E-state index < -0.39 is 0 Å². The van der Waals surface area contributed by atoms with Gasteiger partial charge < -0.3 is 10.6 Å². The summed E-state index contributed by atoms with van der Waals surface area (Å²) in [5.74, 6) is -0.434. The normalized spacial score (nSPS) is 10.4. The van der Waals surface area contributed by atoms with Gasteiger partial charge in [-0.1, -0.05) is 29.8 Å². The zero-order valence-electron chi connectivity index (χ0n) is 14.7. The number of aryl methyl sites for hydroxylation is 1. The van der Waals surface area contributed by atoms with Gasteiger partial charge in [0.1, 0.15) is 0 Å². The highest BCUT2D eigenvalue weighted by molar-refractivity contribution is 7.13. The summed E-state index contributed by atoms with van der Waals surface area (Å²) in [4.78, 5) is 28.0. The molecule has 1 aromatic heterocycles. The van der Waals surface area contributed by atoms with Gasteiger partial charge in [-0.2, -0.15) is 0 Å². The van der Waals surface area contributed by atoms with E-state index in [9.17, 15) is 9.59 Å². The van der Waals surface area contributed by atoms with Crippen LogP contribution in [0.1, 0.15) is 18.4 Å². The van der Waals surface area contributed by atoms with Gasteiger partial charge in [0.15, 0.2) is 5.13 Å². The molecule has 0 saturated heterocycles. The Bertz CT molecular complexity index is 958. The summed E-state index contributed by atoms with van der Waals surface area (Å²) in [5, 5.41) is 8.51. The maximum Gasteiger partial charge on any atom is 0.226 e. The average Bonchev–Trinajstić information content (AvgIpc) is 3.14. The topological polar surface area (TPSA) is 71.1 Å². The Labute approximate surface area is 166 Å². The van der Waals surface area contributed by atoms with Gasteiger partial charge in [-0.05, 0) is 47.9 Å². The molecule has 7 heteroatoms. The van der Waals surface area contributed by atoms with Crippen molar-refractivity contribution in [1.82, 2.24) is 4.98 Å². The highest BCUT2D eigenvalue weighted by Gasteiger charge is 2.10. The van der Waals surface area contributed by atoms with Crippen LogP contribution in [-0.2, 0) is 9.59 Å². The van der Waals surface area contributed by atoms with Gasteiger partial charge in [0.2, 0.25) is 11.8 Å². The first kappa shape index (κ1) is 19.1. The van der Waals surface area contributed by atoms with Crippen molar-refractivity contribution < 1.29 is 9.59 Å². The first-order chi connectivity index (χ1) is 13.0.